The number of hydrogen-bond donors (Lipinski definition) is 2. The van der Waals surface area contributed by atoms with Crippen LogP contribution in [0.4, 0.5) is 5.69 Å². The number of para-hydroxylation sites is 1. The summed E-state index contributed by atoms with van der Waals surface area (Å²) in [5, 5.41) is 11.4. The second-order valence-corrected chi connectivity index (χ2v) is 8.72. The maximum absolute atomic E-state index is 13.0. The molecule has 2 aromatic heterocycles. The molecule has 2 heterocycles. The van der Waals surface area contributed by atoms with E-state index in [1.165, 1.54) is 11.3 Å². The lowest BCUT2D eigenvalue weighted by atomic mass is 10.1. The Morgan fingerprint density at radius 3 is 2.48 bits per heavy atom. The van der Waals surface area contributed by atoms with Crippen LogP contribution >= 0.6 is 11.3 Å². The summed E-state index contributed by atoms with van der Waals surface area (Å²) in [6.45, 7) is 6.39. The molecule has 0 aliphatic carbocycles. The van der Waals surface area contributed by atoms with Crippen molar-refractivity contribution >= 4 is 39.1 Å². The normalized spacial score (nSPS) is 11.1. The lowest BCUT2D eigenvalue weighted by Gasteiger charge is -2.12. The fourth-order valence-electron chi connectivity index (χ4n) is 3.40. The van der Waals surface area contributed by atoms with Gasteiger partial charge in [-0.05, 0) is 44.5 Å². The van der Waals surface area contributed by atoms with Crippen molar-refractivity contribution in [2.75, 3.05) is 5.32 Å². The average Bonchev–Trinajstić information content (AvgIpc) is 3.30. The summed E-state index contributed by atoms with van der Waals surface area (Å²) in [5.41, 5.74) is 2.97. The topological polar surface area (TPSA) is 76.0 Å². The van der Waals surface area contributed by atoms with E-state index < -0.39 is 0 Å². The van der Waals surface area contributed by atoms with E-state index in [1.807, 2.05) is 49.7 Å². The highest BCUT2D eigenvalue weighted by Crippen LogP contribution is 2.30. The number of hydrogen-bond acceptors (Lipinski definition) is 4. The molecule has 0 aliphatic heterocycles. The number of rotatable bonds is 6. The Hall–Kier alpha value is -3.45. The van der Waals surface area contributed by atoms with Crippen LogP contribution in [0.25, 0.3) is 10.2 Å². The number of anilines is 1. The molecule has 0 aliphatic rings. The molecule has 0 unspecified atom stereocenters. The second-order valence-electron chi connectivity index (χ2n) is 7.69. The summed E-state index contributed by atoms with van der Waals surface area (Å²) in [6.07, 6.45) is 0. The first-order chi connectivity index (χ1) is 14.9. The van der Waals surface area contributed by atoms with Gasteiger partial charge in [0.2, 0.25) is 0 Å². The minimum atomic E-state index is -0.239. The standard InChI is InChI=1S/C24H24N4O2S/c1-15(2)25-22(29)18-11-7-8-12-20(18)26-23(30)21-13-19-16(3)27-28(24(19)31-21)14-17-9-5-4-6-10-17/h4-13,15H,14H2,1-3H3,(H,25,29)(H,26,30). The minimum Gasteiger partial charge on any atom is -0.350 e. The van der Waals surface area contributed by atoms with Crippen LogP contribution in [0.2, 0.25) is 0 Å². The van der Waals surface area contributed by atoms with Crippen LogP contribution in [0.15, 0.2) is 60.7 Å². The molecule has 0 atom stereocenters. The Kier molecular flexibility index (Phi) is 5.86. The van der Waals surface area contributed by atoms with Gasteiger partial charge in [0.25, 0.3) is 11.8 Å². The molecule has 4 aromatic rings. The molecule has 0 fully saturated rings. The first kappa shape index (κ1) is 20.8. The lowest BCUT2D eigenvalue weighted by Crippen LogP contribution is -2.31. The molecule has 0 saturated carbocycles. The van der Waals surface area contributed by atoms with Crippen molar-refractivity contribution in [2.45, 2.75) is 33.4 Å². The molecule has 0 saturated heterocycles. The predicted molar refractivity (Wildman–Crippen MR) is 125 cm³/mol. The largest absolute Gasteiger partial charge is 0.350 e. The number of benzene rings is 2. The van der Waals surface area contributed by atoms with Gasteiger partial charge in [-0.1, -0.05) is 42.5 Å². The van der Waals surface area contributed by atoms with Crippen molar-refractivity contribution in [1.29, 1.82) is 0 Å². The number of amides is 2. The van der Waals surface area contributed by atoms with Crippen LogP contribution < -0.4 is 10.6 Å². The van der Waals surface area contributed by atoms with Gasteiger partial charge in [0.15, 0.2) is 0 Å². The molecule has 0 spiro atoms. The SMILES string of the molecule is Cc1nn(Cc2ccccc2)c2sc(C(=O)Nc3ccccc3C(=O)NC(C)C)cc12. The molecule has 158 valence electrons. The van der Waals surface area contributed by atoms with Crippen molar-refractivity contribution in [3.63, 3.8) is 0 Å². The number of nitrogens with zero attached hydrogens (tertiary/aromatic N) is 2. The van der Waals surface area contributed by atoms with Gasteiger partial charge < -0.3 is 10.6 Å². The zero-order chi connectivity index (χ0) is 22.0. The fourth-order valence-corrected chi connectivity index (χ4v) is 4.46. The number of carbonyl (C=O) groups is 2. The molecule has 4 rings (SSSR count). The number of fused-ring (bicyclic) bond motifs is 1. The molecule has 0 radical (unpaired) electrons. The Morgan fingerprint density at radius 1 is 1.03 bits per heavy atom. The van der Waals surface area contributed by atoms with Crippen LogP contribution in [0.3, 0.4) is 0 Å². The smallest absolute Gasteiger partial charge is 0.265 e. The number of thiophene rings is 1. The van der Waals surface area contributed by atoms with E-state index in [0.29, 0.717) is 22.7 Å². The summed E-state index contributed by atoms with van der Waals surface area (Å²) in [6, 6.07) is 19.0. The first-order valence-corrected chi connectivity index (χ1v) is 11.0. The van der Waals surface area contributed by atoms with Crippen LogP contribution in [-0.2, 0) is 6.54 Å². The molecule has 2 amide bonds. The molecule has 0 bridgehead atoms. The van der Waals surface area contributed by atoms with Gasteiger partial charge in [-0.25, -0.2) is 0 Å². The van der Waals surface area contributed by atoms with E-state index in [2.05, 4.69) is 27.9 Å². The predicted octanol–water partition coefficient (Wildman–Crippen LogP) is 4.85. The molecule has 2 aromatic carbocycles. The van der Waals surface area contributed by atoms with Gasteiger partial charge in [-0.3, -0.25) is 14.3 Å². The highest BCUT2D eigenvalue weighted by atomic mass is 32.1. The Labute approximate surface area is 184 Å². The summed E-state index contributed by atoms with van der Waals surface area (Å²) in [7, 11) is 0. The van der Waals surface area contributed by atoms with Gasteiger partial charge >= 0.3 is 0 Å². The van der Waals surface area contributed by atoms with Crippen molar-refractivity contribution in [3.8, 4) is 0 Å². The molecular formula is C24H24N4O2S. The van der Waals surface area contributed by atoms with Gasteiger partial charge in [0.1, 0.15) is 4.83 Å². The lowest BCUT2D eigenvalue weighted by molar-refractivity contribution is 0.0944. The summed E-state index contributed by atoms with van der Waals surface area (Å²) >= 11 is 1.40. The maximum Gasteiger partial charge on any atom is 0.265 e. The zero-order valence-electron chi connectivity index (χ0n) is 17.7. The monoisotopic (exact) mass is 432 g/mol. The molecule has 2 N–H and O–H groups in total. The van der Waals surface area contributed by atoms with Crippen molar-refractivity contribution in [1.82, 2.24) is 15.1 Å². The second kappa shape index (κ2) is 8.73. The Bertz CT molecular complexity index is 1240. The van der Waals surface area contributed by atoms with Crippen LogP contribution in [0.1, 0.15) is 45.1 Å². The number of nitrogens with one attached hydrogen (secondary N) is 2. The van der Waals surface area contributed by atoms with Gasteiger partial charge in [-0.2, -0.15) is 5.10 Å². The van der Waals surface area contributed by atoms with Crippen molar-refractivity contribution < 1.29 is 9.59 Å². The summed E-state index contributed by atoms with van der Waals surface area (Å²) in [5.74, 6) is -0.451. The average molecular weight is 433 g/mol. The highest BCUT2D eigenvalue weighted by Gasteiger charge is 2.19. The van der Waals surface area contributed by atoms with Crippen molar-refractivity contribution in [3.05, 3.63) is 82.4 Å². The third-order valence-electron chi connectivity index (χ3n) is 4.85. The van der Waals surface area contributed by atoms with E-state index in [9.17, 15) is 9.59 Å². The van der Waals surface area contributed by atoms with Crippen molar-refractivity contribution in [2.24, 2.45) is 0 Å². The Morgan fingerprint density at radius 2 is 1.74 bits per heavy atom. The first-order valence-electron chi connectivity index (χ1n) is 10.1. The number of carbonyl (C=O) groups excluding carboxylic acids is 2. The maximum atomic E-state index is 13.0. The Balaban J connectivity index is 1.60. The quantitative estimate of drug-likeness (QED) is 0.457. The van der Waals surface area contributed by atoms with Crippen LogP contribution in [-0.4, -0.2) is 27.6 Å². The third kappa shape index (κ3) is 4.51. The zero-order valence-corrected chi connectivity index (χ0v) is 18.5. The van der Waals surface area contributed by atoms with E-state index in [1.54, 1.807) is 24.3 Å². The van der Waals surface area contributed by atoms with Gasteiger partial charge in [0, 0.05) is 11.4 Å². The van der Waals surface area contributed by atoms with E-state index in [0.717, 1.165) is 21.5 Å². The number of aromatic nitrogens is 2. The van der Waals surface area contributed by atoms with E-state index >= 15 is 0 Å². The number of aryl methyl sites for hydroxylation is 1. The van der Waals surface area contributed by atoms with E-state index in [4.69, 9.17) is 0 Å². The van der Waals surface area contributed by atoms with Crippen LogP contribution in [0, 0.1) is 6.92 Å². The highest BCUT2D eigenvalue weighted by molar-refractivity contribution is 7.20. The van der Waals surface area contributed by atoms with Gasteiger partial charge in [0.05, 0.1) is 28.4 Å². The van der Waals surface area contributed by atoms with Gasteiger partial charge in [-0.15, -0.1) is 11.3 Å². The molecule has 6 nitrogen and oxygen atoms in total. The molecular weight excluding hydrogens is 408 g/mol. The fraction of sp³-hybridized carbons (Fsp3) is 0.208. The van der Waals surface area contributed by atoms with E-state index in [-0.39, 0.29) is 17.9 Å². The molecule has 7 heteroatoms. The molecule has 31 heavy (non-hydrogen) atoms. The summed E-state index contributed by atoms with van der Waals surface area (Å²) < 4.78 is 1.94. The summed E-state index contributed by atoms with van der Waals surface area (Å²) in [4.78, 5) is 27.0. The van der Waals surface area contributed by atoms with Crippen LogP contribution in [0.5, 0.6) is 0 Å². The third-order valence-corrected chi connectivity index (χ3v) is 5.99. The minimum absolute atomic E-state index is 0.00869.